The van der Waals surface area contributed by atoms with Crippen molar-refractivity contribution in [2.24, 2.45) is 0 Å². The highest BCUT2D eigenvalue weighted by Gasteiger charge is 2.18. The molecule has 0 heterocycles. The van der Waals surface area contributed by atoms with Gasteiger partial charge < -0.3 is 20.3 Å². The van der Waals surface area contributed by atoms with E-state index in [0.717, 1.165) is 51.4 Å². The van der Waals surface area contributed by atoms with E-state index < -0.39 is 12.1 Å². The number of ether oxygens (including phenoxy) is 1. The van der Waals surface area contributed by atoms with Crippen LogP contribution in [0.2, 0.25) is 0 Å². The highest BCUT2D eigenvalue weighted by atomic mass is 16.5. The van der Waals surface area contributed by atoms with Gasteiger partial charge in [-0.25, -0.2) is 0 Å². The molecule has 0 aromatic heterocycles. The Morgan fingerprint density at radius 2 is 0.681 bits per heavy atom. The lowest BCUT2D eigenvalue weighted by Gasteiger charge is -2.20. The molecule has 0 aliphatic rings. The van der Waals surface area contributed by atoms with E-state index in [1.165, 1.54) is 250 Å². The number of allylic oxidation sites excluding steroid dienone is 5. The Morgan fingerprint density at radius 3 is 1.03 bits per heavy atom. The van der Waals surface area contributed by atoms with Gasteiger partial charge in [0.1, 0.15) is 0 Å². The number of aliphatic hydroxyl groups excluding tert-OH is 2. The van der Waals surface area contributed by atoms with Gasteiger partial charge in [-0.1, -0.05) is 269 Å². The molecule has 69 heavy (non-hydrogen) atoms. The van der Waals surface area contributed by atoms with Gasteiger partial charge >= 0.3 is 5.97 Å². The Bertz CT molecular complexity index is 1120. The zero-order valence-electron chi connectivity index (χ0n) is 46.3. The van der Waals surface area contributed by atoms with E-state index in [4.69, 9.17) is 4.74 Å². The van der Waals surface area contributed by atoms with Crippen molar-refractivity contribution in [1.82, 2.24) is 5.32 Å². The summed E-state index contributed by atoms with van der Waals surface area (Å²) in [6.45, 7) is 4.89. The van der Waals surface area contributed by atoms with Gasteiger partial charge in [0.05, 0.1) is 25.4 Å². The zero-order valence-corrected chi connectivity index (χ0v) is 46.3. The van der Waals surface area contributed by atoms with Gasteiger partial charge in [-0.15, -0.1) is 0 Å². The summed E-state index contributed by atoms with van der Waals surface area (Å²) < 4.78 is 5.50. The first kappa shape index (κ1) is 67.1. The number of unbranched alkanes of at least 4 members (excludes halogenated alkanes) is 42. The van der Waals surface area contributed by atoms with E-state index in [-0.39, 0.29) is 18.5 Å². The lowest BCUT2D eigenvalue weighted by atomic mass is 10.0. The highest BCUT2D eigenvalue weighted by Crippen LogP contribution is 2.16. The lowest BCUT2D eigenvalue weighted by Crippen LogP contribution is -2.45. The molecule has 0 saturated carbocycles. The van der Waals surface area contributed by atoms with Crippen LogP contribution in [-0.2, 0) is 14.3 Å². The third-order valence-electron chi connectivity index (χ3n) is 14.1. The predicted molar refractivity (Wildman–Crippen MR) is 301 cm³/mol. The topological polar surface area (TPSA) is 95.9 Å². The van der Waals surface area contributed by atoms with Crippen LogP contribution in [0.5, 0.6) is 0 Å². The first-order chi connectivity index (χ1) is 34.0. The van der Waals surface area contributed by atoms with Crippen LogP contribution in [-0.4, -0.2) is 47.4 Å². The first-order valence-corrected chi connectivity index (χ1v) is 30.8. The molecule has 1 amide bonds. The second-order valence-corrected chi connectivity index (χ2v) is 21.0. The summed E-state index contributed by atoms with van der Waals surface area (Å²) in [4.78, 5) is 24.5. The monoisotopic (exact) mass is 970 g/mol. The molecule has 2 unspecified atom stereocenters. The summed E-state index contributed by atoms with van der Waals surface area (Å²) >= 11 is 0. The van der Waals surface area contributed by atoms with Gasteiger partial charge in [0.2, 0.25) is 5.91 Å². The summed E-state index contributed by atoms with van der Waals surface area (Å²) in [5, 5.41) is 23.0. The fraction of sp³-hybridized carbons (Fsp3) is 0.873. The van der Waals surface area contributed by atoms with Crippen molar-refractivity contribution in [3.05, 3.63) is 36.5 Å². The molecule has 0 spiro atoms. The van der Waals surface area contributed by atoms with Crippen molar-refractivity contribution in [2.75, 3.05) is 13.2 Å². The van der Waals surface area contributed by atoms with Crippen LogP contribution in [0.1, 0.15) is 328 Å². The molecule has 0 fully saturated rings. The molecule has 0 aliphatic heterocycles. The molecule has 406 valence electrons. The molecule has 0 aromatic rings. The number of carbonyl (C=O) groups is 2. The number of nitrogens with one attached hydrogen (secondary N) is 1. The van der Waals surface area contributed by atoms with Crippen molar-refractivity contribution >= 4 is 11.9 Å². The number of carbonyl (C=O) groups excluding carboxylic acids is 2. The van der Waals surface area contributed by atoms with Crippen LogP contribution >= 0.6 is 0 Å². The van der Waals surface area contributed by atoms with Gasteiger partial charge in [-0.3, -0.25) is 9.59 Å². The van der Waals surface area contributed by atoms with Gasteiger partial charge in [0.15, 0.2) is 0 Å². The number of rotatable bonds is 57. The van der Waals surface area contributed by atoms with Crippen LogP contribution in [0.15, 0.2) is 36.5 Å². The minimum absolute atomic E-state index is 0.00705. The number of aliphatic hydroxyl groups is 2. The maximum absolute atomic E-state index is 12.4. The highest BCUT2D eigenvalue weighted by molar-refractivity contribution is 5.76. The van der Waals surface area contributed by atoms with E-state index in [2.05, 4.69) is 43.5 Å². The van der Waals surface area contributed by atoms with Gasteiger partial charge in [0, 0.05) is 12.8 Å². The number of esters is 1. The number of hydrogen-bond donors (Lipinski definition) is 3. The third-order valence-corrected chi connectivity index (χ3v) is 14.1. The largest absolute Gasteiger partial charge is 0.466 e. The van der Waals surface area contributed by atoms with Crippen molar-refractivity contribution in [3.63, 3.8) is 0 Å². The fourth-order valence-electron chi connectivity index (χ4n) is 9.39. The van der Waals surface area contributed by atoms with Gasteiger partial charge in [-0.05, 0) is 83.5 Å². The van der Waals surface area contributed by atoms with E-state index in [0.29, 0.717) is 19.4 Å². The molecule has 0 aromatic carbocycles. The van der Waals surface area contributed by atoms with Crippen LogP contribution in [0.25, 0.3) is 0 Å². The minimum Gasteiger partial charge on any atom is -0.466 e. The molecule has 3 N–H and O–H groups in total. The van der Waals surface area contributed by atoms with Gasteiger partial charge in [-0.2, -0.15) is 0 Å². The number of amides is 1. The van der Waals surface area contributed by atoms with Crippen molar-refractivity contribution in [2.45, 2.75) is 341 Å². The van der Waals surface area contributed by atoms with Gasteiger partial charge in [0.25, 0.3) is 0 Å². The molecular weight excluding hydrogens is 851 g/mol. The maximum Gasteiger partial charge on any atom is 0.305 e. The molecule has 0 bridgehead atoms. The average Bonchev–Trinajstić information content (AvgIpc) is 3.35. The molecule has 0 saturated heterocycles. The maximum atomic E-state index is 12.4. The summed E-state index contributed by atoms with van der Waals surface area (Å²) in [5.41, 5.74) is 0. The van der Waals surface area contributed by atoms with Crippen molar-refractivity contribution < 1.29 is 24.5 Å². The third kappa shape index (κ3) is 55.2. The van der Waals surface area contributed by atoms with Crippen LogP contribution in [0.4, 0.5) is 0 Å². The summed E-state index contributed by atoms with van der Waals surface area (Å²) in [5.74, 6) is -0.0692. The summed E-state index contributed by atoms with van der Waals surface area (Å²) in [6.07, 6.45) is 73.3. The van der Waals surface area contributed by atoms with Crippen molar-refractivity contribution in [3.8, 4) is 0 Å². The SMILES string of the molecule is CCCCCCCC/C=C\CCCCCCCCCCCC(=O)OCCCCCCCCCCCC/C=C\CCCCCCCCCC(=O)NC(CO)C(O)/C=C/CCCCCCCCCCCC. The lowest BCUT2D eigenvalue weighted by molar-refractivity contribution is -0.143. The Morgan fingerprint density at radius 1 is 0.391 bits per heavy atom. The normalized spacial score (nSPS) is 12.8. The zero-order chi connectivity index (χ0) is 50.0. The number of hydrogen-bond acceptors (Lipinski definition) is 5. The van der Waals surface area contributed by atoms with E-state index in [1.807, 2.05) is 6.08 Å². The van der Waals surface area contributed by atoms with E-state index in [9.17, 15) is 19.8 Å². The Kier molecular flexibility index (Phi) is 57.0. The molecule has 0 aliphatic carbocycles. The minimum atomic E-state index is -0.848. The predicted octanol–water partition coefficient (Wildman–Crippen LogP) is 19.2. The molecule has 2 atom stereocenters. The van der Waals surface area contributed by atoms with E-state index >= 15 is 0 Å². The van der Waals surface area contributed by atoms with E-state index in [1.54, 1.807) is 6.08 Å². The molecular formula is C63H119NO5. The van der Waals surface area contributed by atoms with Crippen LogP contribution in [0, 0.1) is 0 Å². The van der Waals surface area contributed by atoms with Crippen LogP contribution < -0.4 is 5.32 Å². The summed E-state index contributed by atoms with van der Waals surface area (Å²) in [7, 11) is 0. The Balaban J connectivity index is 3.41. The average molecular weight is 971 g/mol. The second kappa shape index (κ2) is 58.6. The molecule has 0 rings (SSSR count). The standard InChI is InChI=1S/C63H119NO5/c1-3-5-7-9-11-13-15-17-18-19-23-27-30-33-37-41-45-49-53-57-63(68)69-58-54-50-46-42-38-34-31-28-25-22-20-21-24-26-29-32-36-40-44-48-52-56-62(67)64-60(59-65)61(66)55-51-47-43-39-35-16-14-12-10-8-6-4-2/h17-18,21,24,51,55,60-61,65-66H,3-16,19-20,22-23,25-50,52-54,56-59H2,1-2H3,(H,64,67)/b18-17-,24-21-,55-51+. The molecule has 0 radical (unpaired) electrons. The fourth-order valence-corrected chi connectivity index (χ4v) is 9.39. The Hall–Kier alpha value is -1.92. The quantitative estimate of drug-likeness (QED) is 0.0321. The summed E-state index contributed by atoms with van der Waals surface area (Å²) in [6, 6.07) is -0.633. The molecule has 6 heteroatoms. The Labute approximate surface area is 430 Å². The smallest absolute Gasteiger partial charge is 0.305 e. The van der Waals surface area contributed by atoms with Crippen LogP contribution in [0.3, 0.4) is 0 Å². The molecule has 6 nitrogen and oxygen atoms in total. The van der Waals surface area contributed by atoms with Crippen molar-refractivity contribution in [1.29, 1.82) is 0 Å². The second-order valence-electron chi connectivity index (χ2n) is 21.0. The first-order valence-electron chi connectivity index (χ1n) is 30.8.